The van der Waals surface area contributed by atoms with Gasteiger partial charge < -0.3 is 16.4 Å². The molecule has 1 aliphatic heterocycles. The lowest BCUT2D eigenvalue weighted by molar-refractivity contribution is -0.126. The zero-order valence-electron chi connectivity index (χ0n) is 10.0. The van der Waals surface area contributed by atoms with E-state index in [1.807, 2.05) is 0 Å². The molecule has 0 aromatic carbocycles. The summed E-state index contributed by atoms with van der Waals surface area (Å²) in [6, 6.07) is -0.348. The highest BCUT2D eigenvalue weighted by Crippen LogP contribution is 2.11. The Hall–Kier alpha value is -0.790. The lowest BCUT2D eigenvalue weighted by atomic mass is 10.1. The zero-order valence-corrected chi connectivity index (χ0v) is 11.7. The van der Waals surface area contributed by atoms with Gasteiger partial charge in [0.1, 0.15) is 6.04 Å². The molecular formula is C10H18N4OS2. The van der Waals surface area contributed by atoms with Gasteiger partial charge in [0.05, 0.1) is 11.0 Å². The van der Waals surface area contributed by atoms with Crippen molar-refractivity contribution in [2.45, 2.75) is 31.3 Å². The molecule has 1 aliphatic rings. The van der Waals surface area contributed by atoms with Crippen LogP contribution in [0, 0.1) is 0 Å². The van der Waals surface area contributed by atoms with E-state index in [4.69, 9.17) is 30.2 Å². The molecule has 0 radical (unpaired) electrons. The van der Waals surface area contributed by atoms with E-state index in [0.717, 1.165) is 19.3 Å². The van der Waals surface area contributed by atoms with Crippen LogP contribution in [0.3, 0.4) is 0 Å². The Labute approximate surface area is 112 Å². The maximum Gasteiger partial charge on any atom is 0.251 e. The van der Waals surface area contributed by atoms with E-state index in [-0.39, 0.29) is 18.0 Å². The molecule has 1 amide bonds. The molecule has 4 N–H and O–H groups in total. The van der Waals surface area contributed by atoms with Crippen LogP contribution < -0.4 is 16.4 Å². The normalized spacial score (nSPS) is 21.4. The summed E-state index contributed by atoms with van der Waals surface area (Å²) in [4.78, 5) is 13.8. The number of nitrogens with two attached hydrogens (primary N) is 1. The van der Waals surface area contributed by atoms with Crippen molar-refractivity contribution in [2.24, 2.45) is 5.73 Å². The number of carbonyl (C=O) groups excluding carboxylic acids is 1. The molecule has 0 unspecified atom stereocenters. The lowest BCUT2D eigenvalue weighted by Gasteiger charge is -2.13. The molecule has 0 aliphatic carbocycles. The number of carbonyl (C=O) groups is 1. The molecule has 2 atom stereocenters. The third-order valence-electron chi connectivity index (χ3n) is 2.82. The number of nitrogens with one attached hydrogen (secondary N) is 2. The smallest absolute Gasteiger partial charge is 0.251 e. The Morgan fingerprint density at radius 3 is 2.82 bits per heavy atom. The monoisotopic (exact) mass is 274 g/mol. The Kier molecular flexibility index (Phi) is 5.23. The van der Waals surface area contributed by atoms with Gasteiger partial charge >= 0.3 is 0 Å². The Morgan fingerprint density at radius 1 is 1.71 bits per heavy atom. The summed E-state index contributed by atoms with van der Waals surface area (Å²) in [6.07, 6.45) is 2.33. The van der Waals surface area contributed by atoms with Crippen LogP contribution in [0.25, 0.3) is 0 Å². The average molecular weight is 274 g/mol. The molecule has 17 heavy (non-hydrogen) atoms. The van der Waals surface area contributed by atoms with Gasteiger partial charge in [0.25, 0.3) is 5.91 Å². The van der Waals surface area contributed by atoms with Crippen molar-refractivity contribution in [1.29, 1.82) is 0 Å². The molecule has 0 spiro atoms. The van der Waals surface area contributed by atoms with Crippen LogP contribution in [0.2, 0.25) is 0 Å². The van der Waals surface area contributed by atoms with Gasteiger partial charge in [0.15, 0.2) is 5.11 Å². The van der Waals surface area contributed by atoms with E-state index in [0.29, 0.717) is 10.1 Å². The van der Waals surface area contributed by atoms with Gasteiger partial charge in [-0.2, -0.15) is 0 Å². The third-order valence-corrected chi connectivity index (χ3v) is 3.72. The minimum absolute atomic E-state index is 0.0276. The Bertz CT molecular complexity index is 334. The number of nitrogens with zero attached hydrogens (tertiary/aromatic N) is 1. The van der Waals surface area contributed by atoms with Crippen molar-refractivity contribution >= 4 is 40.4 Å². The number of hydrogen-bond donors (Lipinski definition) is 3. The molecule has 1 heterocycles. The number of likely N-dealkylation sites (N-methyl/N-ethyl adjacent to an activating group) is 2. The highest BCUT2D eigenvalue weighted by Gasteiger charge is 2.31. The first-order chi connectivity index (χ1) is 7.97. The fourth-order valence-corrected chi connectivity index (χ4v) is 2.05. The van der Waals surface area contributed by atoms with Crippen molar-refractivity contribution < 1.29 is 4.79 Å². The van der Waals surface area contributed by atoms with Crippen LogP contribution in [0.5, 0.6) is 0 Å². The first kappa shape index (κ1) is 14.3. The molecule has 0 bridgehead atoms. The maximum absolute atomic E-state index is 11.7. The third kappa shape index (κ3) is 3.58. The molecule has 0 aromatic rings. The summed E-state index contributed by atoms with van der Waals surface area (Å²) in [7, 11) is 3.44. The molecule has 1 fully saturated rings. The largest absolute Gasteiger partial charge is 0.381 e. The fourth-order valence-electron chi connectivity index (χ4n) is 1.70. The summed E-state index contributed by atoms with van der Waals surface area (Å²) >= 11 is 10.0. The second-order valence-corrected chi connectivity index (χ2v) is 4.88. The lowest BCUT2D eigenvalue weighted by Crippen LogP contribution is -2.37. The van der Waals surface area contributed by atoms with Crippen LogP contribution in [0.15, 0.2) is 0 Å². The molecule has 7 heteroatoms. The summed E-state index contributed by atoms with van der Waals surface area (Å²) in [5, 5.41) is 6.35. The van der Waals surface area contributed by atoms with Crippen molar-refractivity contribution in [3.05, 3.63) is 0 Å². The van der Waals surface area contributed by atoms with Crippen LogP contribution in [-0.2, 0) is 4.79 Å². The van der Waals surface area contributed by atoms with Gasteiger partial charge in [-0.1, -0.05) is 12.2 Å². The first-order valence-electron chi connectivity index (χ1n) is 5.52. The minimum Gasteiger partial charge on any atom is -0.381 e. The van der Waals surface area contributed by atoms with Gasteiger partial charge in [-0.05, 0) is 31.5 Å². The predicted molar refractivity (Wildman–Crippen MR) is 75.8 cm³/mol. The molecule has 1 rings (SSSR count). The van der Waals surface area contributed by atoms with Crippen molar-refractivity contribution in [2.75, 3.05) is 14.1 Å². The highest BCUT2D eigenvalue weighted by atomic mass is 32.1. The van der Waals surface area contributed by atoms with Crippen LogP contribution >= 0.6 is 24.4 Å². The molecule has 0 saturated carbocycles. The van der Waals surface area contributed by atoms with Crippen LogP contribution in [0.4, 0.5) is 0 Å². The van der Waals surface area contributed by atoms with Crippen molar-refractivity contribution in [1.82, 2.24) is 15.5 Å². The molecule has 5 nitrogen and oxygen atoms in total. The summed E-state index contributed by atoms with van der Waals surface area (Å²) in [5.74, 6) is 0.0276. The van der Waals surface area contributed by atoms with Gasteiger partial charge in [-0.15, -0.1) is 0 Å². The van der Waals surface area contributed by atoms with Crippen molar-refractivity contribution in [3.8, 4) is 0 Å². The SMILES string of the molecule is CNC(=S)[C@H](N)CCC[C@@H]1NC(=S)N(C)C1=O. The topological polar surface area (TPSA) is 70.4 Å². The van der Waals surface area contributed by atoms with E-state index in [1.54, 1.807) is 14.1 Å². The molecule has 1 saturated heterocycles. The quantitative estimate of drug-likeness (QED) is 0.601. The first-order valence-corrected chi connectivity index (χ1v) is 6.34. The fraction of sp³-hybridized carbons (Fsp3) is 0.700. The van der Waals surface area contributed by atoms with Gasteiger partial charge in [-0.25, -0.2) is 0 Å². The summed E-state index contributed by atoms with van der Waals surface area (Å²) < 4.78 is 0. The van der Waals surface area contributed by atoms with E-state index in [2.05, 4.69) is 10.6 Å². The second-order valence-electron chi connectivity index (χ2n) is 4.05. The van der Waals surface area contributed by atoms with Gasteiger partial charge in [0, 0.05) is 14.1 Å². The Morgan fingerprint density at radius 2 is 2.35 bits per heavy atom. The van der Waals surface area contributed by atoms with Crippen LogP contribution in [0.1, 0.15) is 19.3 Å². The Balaban J connectivity index is 2.31. The van der Waals surface area contributed by atoms with E-state index in [1.165, 1.54) is 4.90 Å². The van der Waals surface area contributed by atoms with E-state index >= 15 is 0 Å². The minimum atomic E-state index is -0.206. The number of hydrogen-bond acceptors (Lipinski definition) is 4. The summed E-state index contributed by atoms with van der Waals surface area (Å²) in [5.41, 5.74) is 5.86. The highest BCUT2D eigenvalue weighted by molar-refractivity contribution is 7.80. The van der Waals surface area contributed by atoms with Crippen molar-refractivity contribution in [3.63, 3.8) is 0 Å². The predicted octanol–water partition coefficient (Wildman–Crippen LogP) is -0.254. The second kappa shape index (κ2) is 6.23. The molecule has 96 valence electrons. The standard InChI is InChI=1S/C10H18N4OS2/c1-12-8(16)6(11)4-3-5-7-9(15)14(2)10(17)13-7/h6-7H,3-5,11H2,1-2H3,(H,12,16)(H,13,17)/t6-,7+/m1/s1. The molecular weight excluding hydrogens is 256 g/mol. The van der Waals surface area contributed by atoms with Crippen LogP contribution in [-0.4, -0.2) is 47.1 Å². The maximum atomic E-state index is 11.7. The van der Waals surface area contributed by atoms with Gasteiger partial charge in [-0.3, -0.25) is 9.69 Å². The molecule has 0 aromatic heterocycles. The number of rotatable bonds is 5. The summed E-state index contributed by atoms with van der Waals surface area (Å²) in [6.45, 7) is 0. The van der Waals surface area contributed by atoms with E-state index < -0.39 is 0 Å². The zero-order chi connectivity index (χ0) is 13.0. The number of thiocarbonyl (C=S) groups is 2. The van der Waals surface area contributed by atoms with Gasteiger partial charge in [0.2, 0.25) is 0 Å². The number of amides is 1. The van der Waals surface area contributed by atoms with E-state index in [9.17, 15) is 4.79 Å². The average Bonchev–Trinajstić information content (AvgIpc) is 2.56.